The summed E-state index contributed by atoms with van der Waals surface area (Å²) in [4.78, 5) is 24.0. The van der Waals surface area contributed by atoms with Gasteiger partial charge in [-0.1, -0.05) is 48.5 Å². The second-order valence-corrected chi connectivity index (χ2v) is 6.24. The Bertz CT molecular complexity index is 656. The lowest BCUT2D eigenvalue weighted by Gasteiger charge is -2.14. The maximum Gasteiger partial charge on any atom is 0.251 e. The molecule has 1 atom stereocenters. The third-order valence-electron chi connectivity index (χ3n) is 3.96. The van der Waals surface area contributed by atoms with Crippen molar-refractivity contribution in [2.45, 2.75) is 38.6 Å². The van der Waals surface area contributed by atoms with E-state index in [2.05, 4.69) is 22.8 Å². The van der Waals surface area contributed by atoms with Gasteiger partial charge >= 0.3 is 0 Å². The molecule has 0 heterocycles. The number of rotatable bonds is 9. The fraction of sp³-hybridized carbons (Fsp3) is 0.333. The van der Waals surface area contributed by atoms with Gasteiger partial charge in [0.1, 0.15) is 0 Å². The van der Waals surface area contributed by atoms with Crippen LogP contribution in [-0.2, 0) is 11.2 Å². The van der Waals surface area contributed by atoms with Gasteiger partial charge in [0.2, 0.25) is 5.91 Å². The minimum Gasteiger partial charge on any atom is -0.356 e. The molecule has 25 heavy (non-hydrogen) atoms. The van der Waals surface area contributed by atoms with Gasteiger partial charge in [0.05, 0.1) is 0 Å². The maximum absolute atomic E-state index is 12.0. The van der Waals surface area contributed by atoms with Gasteiger partial charge < -0.3 is 10.6 Å². The van der Waals surface area contributed by atoms with Crippen molar-refractivity contribution >= 4 is 11.8 Å². The summed E-state index contributed by atoms with van der Waals surface area (Å²) in [5, 5.41) is 5.77. The Labute approximate surface area is 149 Å². The van der Waals surface area contributed by atoms with E-state index >= 15 is 0 Å². The van der Waals surface area contributed by atoms with Crippen LogP contribution in [0.3, 0.4) is 0 Å². The number of nitrogens with one attached hydrogen (secondary N) is 2. The van der Waals surface area contributed by atoms with Gasteiger partial charge in [-0.05, 0) is 43.9 Å². The van der Waals surface area contributed by atoms with Crippen LogP contribution in [0.15, 0.2) is 60.7 Å². The highest BCUT2D eigenvalue weighted by molar-refractivity contribution is 5.94. The van der Waals surface area contributed by atoms with Gasteiger partial charge in [-0.25, -0.2) is 0 Å². The molecule has 4 nitrogen and oxygen atoms in total. The van der Waals surface area contributed by atoms with Gasteiger partial charge in [0.15, 0.2) is 0 Å². The van der Waals surface area contributed by atoms with E-state index < -0.39 is 0 Å². The Morgan fingerprint density at radius 3 is 2.24 bits per heavy atom. The fourth-order valence-corrected chi connectivity index (χ4v) is 2.62. The summed E-state index contributed by atoms with van der Waals surface area (Å²) in [7, 11) is 0. The number of carbonyl (C=O) groups is 2. The van der Waals surface area contributed by atoms with Crippen molar-refractivity contribution in [1.82, 2.24) is 10.6 Å². The second kappa shape index (κ2) is 10.3. The van der Waals surface area contributed by atoms with Gasteiger partial charge in [-0.15, -0.1) is 0 Å². The number of hydrogen-bond donors (Lipinski definition) is 2. The van der Waals surface area contributed by atoms with Gasteiger partial charge in [0, 0.05) is 24.6 Å². The average Bonchev–Trinajstić information content (AvgIpc) is 2.63. The average molecular weight is 338 g/mol. The van der Waals surface area contributed by atoms with E-state index in [0.29, 0.717) is 12.1 Å². The molecule has 4 heteroatoms. The number of amides is 2. The molecular formula is C21H26N2O2. The molecular weight excluding hydrogens is 312 g/mol. The number of carbonyl (C=O) groups excluding carboxylic acids is 2. The zero-order chi connectivity index (χ0) is 17.9. The molecule has 0 spiro atoms. The maximum atomic E-state index is 12.0. The minimum atomic E-state index is -0.197. The molecule has 0 aliphatic rings. The highest BCUT2D eigenvalue weighted by Gasteiger charge is 2.12. The minimum absolute atomic E-state index is 0.0272. The van der Waals surface area contributed by atoms with Crippen LogP contribution in [-0.4, -0.2) is 24.4 Å². The van der Waals surface area contributed by atoms with Crippen LogP contribution in [0.4, 0.5) is 0 Å². The van der Waals surface area contributed by atoms with Crippen LogP contribution in [0.5, 0.6) is 0 Å². The first-order valence-corrected chi connectivity index (χ1v) is 8.81. The van der Waals surface area contributed by atoms with Crippen LogP contribution in [0.1, 0.15) is 42.1 Å². The van der Waals surface area contributed by atoms with Crippen molar-refractivity contribution in [2.24, 2.45) is 0 Å². The first-order chi connectivity index (χ1) is 12.1. The Hall–Kier alpha value is -2.62. The van der Waals surface area contributed by atoms with Crippen molar-refractivity contribution in [2.75, 3.05) is 6.54 Å². The molecule has 0 saturated carbocycles. The van der Waals surface area contributed by atoms with E-state index in [4.69, 9.17) is 0 Å². The molecule has 2 amide bonds. The monoisotopic (exact) mass is 338 g/mol. The largest absolute Gasteiger partial charge is 0.356 e. The van der Waals surface area contributed by atoms with Crippen LogP contribution in [0.25, 0.3) is 0 Å². The van der Waals surface area contributed by atoms with Crippen molar-refractivity contribution < 1.29 is 9.59 Å². The van der Waals surface area contributed by atoms with Crippen LogP contribution in [0, 0.1) is 0 Å². The van der Waals surface area contributed by atoms with E-state index in [9.17, 15) is 9.59 Å². The van der Waals surface area contributed by atoms with Crippen LogP contribution < -0.4 is 10.6 Å². The van der Waals surface area contributed by atoms with E-state index in [0.717, 1.165) is 19.3 Å². The molecule has 1 unspecified atom stereocenters. The fourth-order valence-electron chi connectivity index (χ4n) is 2.62. The van der Waals surface area contributed by atoms with Gasteiger partial charge in [-0.3, -0.25) is 9.59 Å². The number of unbranched alkanes of at least 4 members (excludes halogenated alkanes) is 1. The molecule has 0 bridgehead atoms. The highest BCUT2D eigenvalue weighted by Crippen LogP contribution is 2.04. The topological polar surface area (TPSA) is 58.2 Å². The normalized spacial score (nSPS) is 11.6. The lowest BCUT2D eigenvalue weighted by atomic mass is 10.1. The summed E-state index contributed by atoms with van der Waals surface area (Å²) >= 11 is 0. The third kappa shape index (κ3) is 7.21. The lowest BCUT2D eigenvalue weighted by molar-refractivity contribution is -0.121. The zero-order valence-electron chi connectivity index (χ0n) is 14.7. The van der Waals surface area contributed by atoms with Crippen LogP contribution >= 0.6 is 0 Å². The van der Waals surface area contributed by atoms with E-state index in [1.54, 1.807) is 12.1 Å². The lowest BCUT2D eigenvalue weighted by Crippen LogP contribution is -2.37. The summed E-state index contributed by atoms with van der Waals surface area (Å²) < 4.78 is 0. The van der Waals surface area contributed by atoms with E-state index in [-0.39, 0.29) is 24.3 Å². The summed E-state index contributed by atoms with van der Waals surface area (Å²) in [5.74, 6) is -0.177. The first-order valence-electron chi connectivity index (χ1n) is 8.81. The van der Waals surface area contributed by atoms with E-state index in [1.165, 1.54) is 5.56 Å². The smallest absolute Gasteiger partial charge is 0.251 e. The SMILES string of the molecule is CC(CC(=O)NCCCCc1ccccc1)NC(=O)c1ccccc1. The molecule has 0 saturated heterocycles. The number of hydrogen-bond acceptors (Lipinski definition) is 2. The summed E-state index contributed by atoms with van der Waals surface area (Å²) in [6.45, 7) is 2.51. The van der Waals surface area contributed by atoms with Crippen molar-refractivity contribution in [3.63, 3.8) is 0 Å². The van der Waals surface area contributed by atoms with Crippen LogP contribution in [0.2, 0.25) is 0 Å². The highest BCUT2D eigenvalue weighted by atomic mass is 16.2. The molecule has 0 aromatic heterocycles. The molecule has 0 aliphatic heterocycles. The van der Waals surface area contributed by atoms with E-state index in [1.807, 2.05) is 43.3 Å². The Morgan fingerprint density at radius 2 is 1.56 bits per heavy atom. The van der Waals surface area contributed by atoms with Gasteiger partial charge in [-0.2, -0.15) is 0 Å². The summed E-state index contributed by atoms with van der Waals surface area (Å²) in [5.41, 5.74) is 1.93. The predicted octanol–water partition coefficient (Wildman–Crippen LogP) is 3.33. The van der Waals surface area contributed by atoms with Gasteiger partial charge in [0.25, 0.3) is 5.91 Å². The quantitative estimate of drug-likeness (QED) is 0.689. The third-order valence-corrected chi connectivity index (χ3v) is 3.96. The van der Waals surface area contributed by atoms with Crippen molar-refractivity contribution in [3.8, 4) is 0 Å². The zero-order valence-corrected chi connectivity index (χ0v) is 14.7. The molecule has 132 valence electrons. The second-order valence-electron chi connectivity index (χ2n) is 6.24. The van der Waals surface area contributed by atoms with Crippen molar-refractivity contribution in [1.29, 1.82) is 0 Å². The molecule has 0 aliphatic carbocycles. The molecule has 2 aromatic rings. The molecule has 2 rings (SSSR count). The summed E-state index contributed by atoms with van der Waals surface area (Å²) in [6, 6.07) is 19.2. The molecule has 2 N–H and O–H groups in total. The molecule has 0 fully saturated rings. The molecule has 2 aromatic carbocycles. The Morgan fingerprint density at radius 1 is 0.920 bits per heavy atom. The Kier molecular flexibility index (Phi) is 7.70. The standard InChI is InChI=1S/C21H26N2O2/c1-17(23-21(25)19-13-6-3-7-14-19)16-20(24)22-15-9-8-12-18-10-4-2-5-11-18/h2-7,10-11,13-14,17H,8-9,12,15-16H2,1H3,(H,22,24)(H,23,25). The molecule has 0 radical (unpaired) electrons. The predicted molar refractivity (Wildman–Crippen MR) is 100 cm³/mol. The first kappa shape index (κ1) is 18.7. The summed E-state index contributed by atoms with van der Waals surface area (Å²) in [6.07, 6.45) is 3.31. The van der Waals surface area contributed by atoms with Crippen molar-refractivity contribution in [3.05, 3.63) is 71.8 Å². The Balaban J connectivity index is 1.59. The number of benzene rings is 2. The number of aryl methyl sites for hydroxylation is 1.